The van der Waals surface area contributed by atoms with Gasteiger partial charge in [0.1, 0.15) is 5.75 Å². The molecule has 0 aromatic heterocycles. The van der Waals surface area contributed by atoms with Gasteiger partial charge in [-0.1, -0.05) is 6.07 Å². The SMILES string of the molecule is COc1cccc(NC(=O)NCC(O)COCC2CC2)c1. The number of amides is 2. The fourth-order valence-corrected chi connectivity index (χ4v) is 1.80. The fourth-order valence-electron chi connectivity index (χ4n) is 1.80. The Kier molecular flexibility index (Phi) is 5.83. The lowest BCUT2D eigenvalue weighted by Crippen LogP contribution is -2.37. The van der Waals surface area contributed by atoms with E-state index in [1.807, 2.05) is 0 Å². The molecule has 0 heterocycles. The number of aliphatic hydroxyl groups is 1. The molecule has 1 saturated carbocycles. The van der Waals surface area contributed by atoms with Crippen LogP contribution in [0.4, 0.5) is 10.5 Å². The molecule has 0 bridgehead atoms. The lowest BCUT2D eigenvalue weighted by molar-refractivity contribution is 0.0339. The molecular weight excluding hydrogens is 272 g/mol. The highest BCUT2D eigenvalue weighted by atomic mass is 16.5. The van der Waals surface area contributed by atoms with Crippen molar-refractivity contribution in [3.63, 3.8) is 0 Å². The third-order valence-corrected chi connectivity index (χ3v) is 3.19. The van der Waals surface area contributed by atoms with E-state index in [2.05, 4.69) is 10.6 Å². The molecule has 1 aromatic rings. The third-order valence-electron chi connectivity index (χ3n) is 3.19. The molecule has 1 aromatic carbocycles. The summed E-state index contributed by atoms with van der Waals surface area (Å²) in [5.41, 5.74) is 0.631. The van der Waals surface area contributed by atoms with Gasteiger partial charge in [-0.3, -0.25) is 0 Å². The summed E-state index contributed by atoms with van der Waals surface area (Å²) in [5.74, 6) is 1.34. The first-order valence-corrected chi connectivity index (χ1v) is 7.12. The van der Waals surface area contributed by atoms with Gasteiger partial charge < -0.3 is 25.2 Å². The quantitative estimate of drug-likeness (QED) is 0.680. The molecule has 2 rings (SSSR count). The summed E-state index contributed by atoms with van der Waals surface area (Å²) >= 11 is 0. The molecule has 2 amide bonds. The molecule has 0 radical (unpaired) electrons. The number of carbonyl (C=O) groups excluding carboxylic acids is 1. The Hall–Kier alpha value is -1.79. The van der Waals surface area contributed by atoms with Gasteiger partial charge in [0.25, 0.3) is 0 Å². The Bertz CT molecular complexity index is 463. The van der Waals surface area contributed by atoms with Crippen LogP contribution < -0.4 is 15.4 Å². The summed E-state index contributed by atoms with van der Waals surface area (Å²) < 4.78 is 10.4. The van der Waals surface area contributed by atoms with E-state index in [-0.39, 0.29) is 19.2 Å². The Morgan fingerprint density at radius 1 is 1.48 bits per heavy atom. The second kappa shape index (κ2) is 7.85. The van der Waals surface area contributed by atoms with Crippen molar-refractivity contribution in [3.8, 4) is 5.75 Å². The predicted octanol–water partition coefficient (Wildman–Crippen LogP) is 1.60. The van der Waals surface area contributed by atoms with Gasteiger partial charge in [0.15, 0.2) is 0 Å². The van der Waals surface area contributed by atoms with Gasteiger partial charge in [0, 0.05) is 24.9 Å². The molecule has 1 unspecified atom stereocenters. The number of methoxy groups -OCH3 is 1. The largest absolute Gasteiger partial charge is 0.497 e. The average Bonchev–Trinajstić information content (AvgIpc) is 3.29. The third kappa shape index (κ3) is 6.01. The monoisotopic (exact) mass is 294 g/mol. The zero-order chi connectivity index (χ0) is 15.1. The minimum Gasteiger partial charge on any atom is -0.497 e. The maximum Gasteiger partial charge on any atom is 0.319 e. The van der Waals surface area contributed by atoms with Gasteiger partial charge in [-0.25, -0.2) is 4.79 Å². The van der Waals surface area contributed by atoms with Crippen molar-refractivity contribution < 1.29 is 19.4 Å². The topological polar surface area (TPSA) is 79.8 Å². The van der Waals surface area contributed by atoms with E-state index in [0.717, 1.165) is 0 Å². The van der Waals surface area contributed by atoms with Crippen LogP contribution in [0, 0.1) is 5.92 Å². The Morgan fingerprint density at radius 3 is 3.00 bits per heavy atom. The number of hydrogen-bond acceptors (Lipinski definition) is 4. The number of hydrogen-bond donors (Lipinski definition) is 3. The van der Waals surface area contributed by atoms with Gasteiger partial charge in [-0.05, 0) is 30.9 Å². The van der Waals surface area contributed by atoms with E-state index in [9.17, 15) is 9.90 Å². The second-order valence-corrected chi connectivity index (χ2v) is 5.20. The maximum atomic E-state index is 11.7. The van der Waals surface area contributed by atoms with Crippen LogP contribution in [0.2, 0.25) is 0 Å². The van der Waals surface area contributed by atoms with Crippen LogP contribution in [0.3, 0.4) is 0 Å². The first-order valence-electron chi connectivity index (χ1n) is 7.12. The number of benzene rings is 1. The van der Waals surface area contributed by atoms with Crippen molar-refractivity contribution in [2.45, 2.75) is 18.9 Å². The van der Waals surface area contributed by atoms with Crippen LogP contribution in [0.5, 0.6) is 5.75 Å². The van der Waals surface area contributed by atoms with Gasteiger partial charge >= 0.3 is 6.03 Å². The summed E-state index contributed by atoms with van der Waals surface area (Å²) in [4.78, 5) is 11.7. The van der Waals surface area contributed by atoms with Crippen LogP contribution in [0.15, 0.2) is 24.3 Å². The minimum atomic E-state index is -0.695. The van der Waals surface area contributed by atoms with Crippen LogP contribution in [0.1, 0.15) is 12.8 Å². The first-order chi connectivity index (χ1) is 10.2. The number of aliphatic hydroxyl groups excluding tert-OH is 1. The van der Waals surface area contributed by atoms with E-state index >= 15 is 0 Å². The summed E-state index contributed by atoms with van der Waals surface area (Å²) in [6.45, 7) is 1.10. The minimum absolute atomic E-state index is 0.153. The molecule has 1 aliphatic rings. The molecule has 1 atom stereocenters. The Labute approximate surface area is 124 Å². The zero-order valence-electron chi connectivity index (χ0n) is 12.2. The van der Waals surface area contributed by atoms with Crippen LogP contribution in [-0.2, 0) is 4.74 Å². The molecule has 0 saturated heterocycles. The smallest absolute Gasteiger partial charge is 0.319 e. The summed E-state index contributed by atoms with van der Waals surface area (Å²) in [7, 11) is 1.57. The van der Waals surface area contributed by atoms with E-state index < -0.39 is 6.10 Å². The standard InChI is InChI=1S/C15H22N2O4/c1-20-14-4-2-3-12(7-14)17-15(19)16-8-13(18)10-21-9-11-5-6-11/h2-4,7,11,13,18H,5-6,8-10H2,1H3,(H2,16,17,19). The number of rotatable bonds is 8. The van der Waals surface area contributed by atoms with Gasteiger partial charge in [0.2, 0.25) is 0 Å². The first kappa shape index (κ1) is 15.6. The normalized spacial score (nSPS) is 15.3. The fraction of sp³-hybridized carbons (Fsp3) is 0.533. The summed E-state index contributed by atoms with van der Waals surface area (Å²) in [6, 6.07) is 6.69. The highest BCUT2D eigenvalue weighted by Gasteiger charge is 2.21. The number of urea groups is 1. The van der Waals surface area contributed by atoms with E-state index in [4.69, 9.17) is 9.47 Å². The van der Waals surface area contributed by atoms with E-state index in [1.165, 1.54) is 12.8 Å². The van der Waals surface area contributed by atoms with Crippen LogP contribution in [0.25, 0.3) is 0 Å². The van der Waals surface area contributed by atoms with Crippen LogP contribution in [-0.4, -0.2) is 44.1 Å². The van der Waals surface area contributed by atoms with E-state index in [0.29, 0.717) is 24.0 Å². The number of ether oxygens (including phenoxy) is 2. The number of anilines is 1. The van der Waals surface area contributed by atoms with Crippen molar-refractivity contribution in [1.82, 2.24) is 5.32 Å². The highest BCUT2D eigenvalue weighted by Crippen LogP contribution is 2.28. The van der Waals surface area contributed by atoms with Gasteiger partial charge in [-0.15, -0.1) is 0 Å². The van der Waals surface area contributed by atoms with Gasteiger partial charge in [-0.2, -0.15) is 0 Å². The molecular formula is C15H22N2O4. The maximum absolute atomic E-state index is 11.7. The molecule has 6 nitrogen and oxygen atoms in total. The average molecular weight is 294 g/mol. The van der Waals surface area contributed by atoms with Crippen molar-refractivity contribution in [2.24, 2.45) is 5.92 Å². The molecule has 116 valence electrons. The lowest BCUT2D eigenvalue weighted by atomic mass is 10.3. The summed E-state index contributed by atoms with van der Waals surface area (Å²) in [5, 5.41) is 15.0. The molecule has 1 aliphatic carbocycles. The van der Waals surface area contributed by atoms with Crippen molar-refractivity contribution in [3.05, 3.63) is 24.3 Å². The number of nitrogens with one attached hydrogen (secondary N) is 2. The highest BCUT2D eigenvalue weighted by molar-refractivity contribution is 5.89. The van der Waals surface area contributed by atoms with E-state index in [1.54, 1.807) is 31.4 Å². The molecule has 0 aliphatic heterocycles. The molecule has 0 spiro atoms. The molecule has 1 fully saturated rings. The van der Waals surface area contributed by atoms with Gasteiger partial charge in [0.05, 0.1) is 19.8 Å². The van der Waals surface area contributed by atoms with Crippen molar-refractivity contribution in [1.29, 1.82) is 0 Å². The van der Waals surface area contributed by atoms with Crippen LogP contribution >= 0.6 is 0 Å². The van der Waals surface area contributed by atoms with Crippen molar-refractivity contribution >= 4 is 11.7 Å². The summed E-state index contributed by atoms with van der Waals surface area (Å²) in [6.07, 6.45) is 1.74. The molecule has 3 N–H and O–H groups in total. The van der Waals surface area contributed by atoms with Crippen molar-refractivity contribution in [2.75, 3.05) is 32.2 Å². The molecule has 6 heteroatoms. The lowest BCUT2D eigenvalue weighted by Gasteiger charge is -2.13. The second-order valence-electron chi connectivity index (χ2n) is 5.20. The molecule has 21 heavy (non-hydrogen) atoms. The Morgan fingerprint density at radius 2 is 2.29 bits per heavy atom. The predicted molar refractivity (Wildman–Crippen MR) is 79.6 cm³/mol. The zero-order valence-corrected chi connectivity index (χ0v) is 12.2. The Balaban J connectivity index is 1.63. The number of carbonyl (C=O) groups is 1.